The maximum Gasteiger partial charge on any atom is 0.307 e. The van der Waals surface area contributed by atoms with Crippen LogP contribution in [0, 0.1) is 11.2 Å². The molecule has 0 fully saturated rings. The van der Waals surface area contributed by atoms with E-state index in [9.17, 15) is 14.0 Å². The highest BCUT2D eigenvalue weighted by molar-refractivity contribution is 5.98. The fourth-order valence-corrected chi connectivity index (χ4v) is 4.06. The number of halogens is 1. The number of rotatable bonds is 5. The predicted molar refractivity (Wildman–Crippen MR) is 123 cm³/mol. The minimum Gasteiger partial charge on any atom is -0.469 e. The summed E-state index contributed by atoms with van der Waals surface area (Å²) in [6, 6.07) is 7.99. The number of aromatic nitrogens is 4. The number of amides is 1. The predicted octanol–water partition coefficient (Wildman–Crippen LogP) is 4.23. The summed E-state index contributed by atoms with van der Waals surface area (Å²) in [5.74, 6) is -0.559. The summed E-state index contributed by atoms with van der Waals surface area (Å²) in [5, 5.41) is 9.74. The number of benzene rings is 2. The van der Waals surface area contributed by atoms with Crippen LogP contribution >= 0.6 is 0 Å². The number of carbonyl (C=O) groups is 2. The molecule has 1 unspecified atom stereocenters. The molecule has 0 saturated heterocycles. The second-order valence-corrected chi connectivity index (χ2v) is 9.04. The molecule has 1 atom stereocenters. The quantitative estimate of drug-likeness (QED) is 0.442. The Bertz CT molecular complexity index is 1370. The van der Waals surface area contributed by atoms with Crippen LogP contribution in [0.25, 0.3) is 33.3 Å². The molecule has 4 aromatic rings. The standard InChI is InChI=1S/C24H26FN5O3/c1-24(2,3)20(11-21(31)33-5)30-19-10-13(23(32)26-4)6-7-17(19)28-22(30)14-8-16(25)15-12-27-29-18(15)9-14/h6-10,12,20H,11H2,1-5H3,(H,26,32)(H,27,29). The van der Waals surface area contributed by atoms with Crippen molar-refractivity contribution in [3.05, 3.63) is 47.9 Å². The summed E-state index contributed by atoms with van der Waals surface area (Å²) in [5.41, 5.74) is 2.42. The van der Waals surface area contributed by atoms with Crippen molar-refractivity contribution in [3.8, 4) is 11.4 Å². The number of hydrogen-bond donors (Lipinski definition) is 2. The number of imidazole rings is 1. The van der Waals surface area contributed by atoms with Gasteiger partial charge in [0.15, 0.2) is 0 Å². The number of fused-ring (bicyclic) bond motifs is 2. The third kappa shape index (κ3) is 4.06. The van der Waals surface area contributed by atoms with Gasteiger partial charge in [-0.15, -0.1) is 0 Å². The molecule has 2 N–H and O–H groups in total. The number of hydrogen-bond acceptors (Lipinski definition) is 5. The largest absolute Gasteiger partial charge is 0.469 e. The minimum atomic E-state index is -0.429. The van der Waals surface area contributed by atoms with Gasteiger partial charge in [0, 0.05) is 18.2 Å². The van der Waals surface area contributed by atoms with Crippen LogP contribution in [-0.2, 0) is 9.53 Å². The zero-order valence-electron chi connectivity index (χ0n) is 19.2. The Hall–Kier alpha value is -3.75. The molecule has 0 bridgehead atoms. The van der Waals surface area contributed by atoms with Crippen LogP contribution in [0.15, 0.2) is 36.5 Å². The van der Waals surface area contributed by atoms with Crippen molar-refractivity contribution in [1.29, 1.82) is 0 Å². The second-order valence-electron chi connectivity index (χ2n) is 9.04. The average molecular weight is 452 g/mol. The van der Waals surface area contributed by atoms with Gasteiger partial charge in [-0.25, -0.2) is 9.37 Å². The van der Waals surface area contributed by atoms with Gasteiger partial charge < -0.3 is 14.6 Å². The summed E-state index contributed by atoms with van der Waals surface area (Å²) < 4.78 is 21.7. The average Bonchev–Trinajstić information content (AvgIpc) is 3.40. The van der Waals surface area contributed by atoms with Gasteiger partial charge in [-0.05, 0) is 35.7 Å². The van der Waals surface area contributed by atoms with E-state index in [4.69, 9.17) is 9.72 Å². The molecule has 172 valence electrons. The van der Waals surface area contributed by atoms with Crippen molar-refractivity contribution < 1.29 is 18.7 Å². The van der Waals surface area contributed by atoms with E-state index in [1.165, 1.54) is 19.4 Å². The lowest BCUT2D eigenvalue weighted by molar-refractivity contribution is -0.142. The van der Waals surface area contributed by atoms with Gasteiger partial charge in [0.1, 0.15) is 11.6 Å². The first-order chi connectivity index (χ1) is 15.6. The van der Waals surface area contributed by atoms with Crippen molar-refractivity contribution in [2.45, 2.75) is 33.2 Å². The molecule has 2 aromatic heterocycles. The molecule has 9 heteroatoms. The summed E-state index contributed by atoms with van der Waals surface area (Å²) in [6.45, 7) is 6.03. The Balaban J connectivity index is 2.04. The molecule has 0 spiro atoms. The van der Waals surface area contributed by atoms with Crippen LogP contribution in [0.5, 0.6) is 0 Å². The van der Waals surface area contributed by atoms with Crippen LogP contribution in [0.1, 0.15) is 43.6 Å². The fraction of sp³-hybridized carbons (Fsp3) is 0.333. The van der Waals surface area contributed by atoms with Crippen molar-refractivity contribution in [2.24, 2.45) is 5.41 Å². The van der Waals surface area contributed by atoms with E-state index in [0.29, 0.717) is 38.9 Å². The maximum atomic E-state index is 14.8. The highest BCUT2D eigenvalue weighted by Crippen LogP contribution is 2.40. The van der Waals surface area contributed by atoms with E-state index < -0.39 is 11.2 Å². The van der Waals surface area contributed by atoms with Crippen molar-refractivity contribution >= 4 is 33.8 Å². The summed E-state index contributed by atoms with van der Waals surface area (Å²) in [4.78, 5) is 29.5. The number of H-pyrrole nitrogens is 1. The second kappa shape index (κ2) is 8.31. The monoisotopic (exact) mass is 451 g/mol. The van der Waals surface area contributed by atoms with E-state index in [-0.39, 0.29) is 24.3 Å². The Morgan fingerprint density at radius 3 is 2.67 bits per heavy atom. The van der Waals surface area contributed by atoms with E-state index in [1.54, 1.807) is 31.3 Å². The lowest BCUT2D eigenvalue weighted by Gasteiger charge is -2.33. The molecule has 1 amide bonds. The summed E-state index contributed by atoms with van der Waals surface area (Å²) in [7, 11) is 2.91. The molecule has 2 heterocycles. The topological polar surface area (TPSA) is 102 Å². The van der Waals surface area contributed by atoms with Crippen molar-refractivity contribution in [3.63, 3.8) is 0 Å². The third-order valence-corrected chi connectivity index (χ3v) is 5.84. The highest BCUT2D eigenvalue weighted by atomic mass is 19.1. The first-order valence-corrected chi connectivity index (χ1v) is 10.6. The van der Waals surface area contributed by atoms with Gasteiger partial charge in [0.25, 0.3) is 5.91 Å². The molecule has 8 nitrogen and oxygen atoms in total. The van der Waals surface area contributed by atoms with Gasteiger partial charge in [0.2, 0.25) is 0 Å². The molecule has 0 aliphatic rings. The number of nitrogens with zero attached hydrogens (tertiary/aromatic N) is 3. The van der Waals surface area contributed by atoms with E-state index in [2.05, 4.69) is 15.5 Å². The van der Waals surface area contributed by atoms with Crippen molar-refractivity contribution in [2.75, 3.05) is 14.2 Å². The zero-order chi connectivity index (χ0) is 23.9. The zero-order valence-corrected chi connectivity index (χ0v) is 19.2. The molecule has 0 radical (unpaired) electrons. The number of carbonyl (C=O) groups excluding carboxylic acids is 2. The molecular formula is C24H26FN5O3. The first-order valence-electron chi connectivity index (χ1n) is 10.6. The highest BCUT2D eigenvalue weighted by Gasteiger charge is 2.33. The van der Waals surface area contributed by atoms with Crippen LogP contribution in [0.4, 0.5) is 4.39 Å². The minimum absolute atomic E-state index is 0.0808. The Labute approximate surface area is 190 Å². The molecule has 4 rings (SSSR count). The van der Waals surface area contributed by atoms with Gasteiger partial charge >= 0.3 is 5.97 Å². The maximum absolute atomic E-state index is 14.8. The smallest absolute Gasteiger partial charge is 0.307 e. The van der Waals surface area contributed by atoms with Crippen molar-refractivity contribution in [1.82, 2.24) is 25.1 Å². The Morgan fingerprint density at radius 1 is 1.24 bits per heavy atom. The van der Waals surface area contributed by atoms with Gasteiger partial charge in [-0.3, -0.25) is 14.7 Å². The summed E-state index contributed by atoms with van der Waals surface area (Å²) in [6.07, 6.45) is 1.51. The summed E-state index contributed by atoms with van der Waals surface area (Å²) >= 11 is 0. The number of methoxy groups -OCH3 is 1. The normalized spacial score (nSPS) is 12.8. The Morgan fingerprint density at radius 2 is 2.00 bits per heavy atom. The number of aromatic amines is 1. The number of ether oxygens (including phenoxy) is 1. The van der Waals surface area contributed by atoms with E-state index in [0.717, 1.165) is 0 Å². The third-order valence-electron chi connectivity index (χ3n) is 5.84. The van der Waals surface area contributed by atoms with E-state index in [1.807, 2.05) is 25.3 Å². The van der Waals surface area contributed by atoms with Gasteiger partial charge in [-0.1, -0.05) is 20.8 Å². The van der Waals surface area contributed by atoms with Gasteiger partial charge in [0.05, 0.1) is 47.7 Å². The molecule has 0 saturated carbocycles. The van der Waals surface area contributed by atoms with Crippen LogP contribution < -0.4 is 5.32 Å². The number of nitrogens with one attached hydrogen (secondary N) is 2. The molecule has 2 aromatic carbocycles. The Kier molecular flexibility index (Phi) is 5.65. The molecule has 0 aliphatic carbocycles. The molecule has 0 aliphatic heterocycles. The first kappa shape index (κ1) is 22.4. The fourth-order valence-electron chi connectivity index (χ4n) is 4.06. The molecule has 33 heavy (non-hydrogen) atoms. The van der Waals surface area contributed by atoms with Crippen LogP contribution in [-0.4, -0.2) is 45.8 Å². The lowest BCUT2D eigenvalue weighted by Crippen LogP contribution is -2.28. The van der Waals surface area contributed by atoms with Crippen LogP contribution in [0.3, 0.4) is 0 Å². The van der Waals surface area contributed by atoms with Crippen LogP contribution in [0.2, 0.25) is 0 Å². The van der Waals surface area contributed by atoms with E-state index >= 15 is 0 Å². The molecular weight excluding hydrogens is 425 g/mol. The van der Waals surface area contributed by atoms with Gasteiger partial charge in [-0.2, -0.15) is 5.10 Å². The number of esters is 1. The lowest BCUT2D eigenvalue weighted by atomic mass is 9.84. The SMILES string of the molecule is CNC(=O)c1ccc2nc(-c3cc(F)c4cn[nH]c4c3)n(C(CC(=O)OC)C(C)(C)C)c2c1.